The van der Waals surface area contributed by atoms with Crippen LogP contribution in [0.1, 0.15) is 39.4 Å². The summed E-state index contributed by atoms with van der Waals surface area (Å²) in [6.07, 6.45) is 2.48. The summed E-state index contributed by atoms with van der Waals surface area (Å²) < 4.78 is 9.53. The largest absolute Gasteiger partial charge is 0.463 e. The zero-order valence-corrected chi connectivity index (χ0v) is 17.1. The minimum absolute atomic E-state index is 0.0862. The third-order valence-electron chi connectivity index (χ3n) is 5.15. The molecule has 6 nitrogen and oxygen atoms in total. The molecule has 3 heterocycles. The van der Waals surface area contributed by atoms with Crippen molar-refractivity contribution in [3.63, 3.8) is 0 Å². The Morgan fingerprint density at radius 2 is 1.90 bits per heavy atom. The van der Waals surface area contributed by atoms with Crippen LogP contribution in [0.4, 0.5) is 0 Å². The molecule has 150 valence electrons. The van der Waals surface area contributed by atoms with E-state index in [2.05, 4.69) is 47.7 Å². The smallest absolute Gasteiger partial charge is 0.268 e. The molecule has 4 aromatic rings. The molecule has 0 aliphatic carbocycles. The van der Waals surface area contributed by atoms with Crippen LogP contribution in [-0.2, 0) is 13.1 Å². The number of hydrogen-bond donors (Lipinski definition) is 1. The van der Waals surface area contributed by atoms with Gasteiger partial charge >= 0.3 is 0 Å². The number of carbonyl (C=O) groups excluding carboxylic acids is 1. The van der Waals surface area contributed by atoms with Gasteiger partial charge in [0.15, 0.2) is 5.58 Å². The first-order chi connectivity index (χ1) is 14.0. The normalized spacial score (nSPS) is 11.3. The molecule has 0 aliphatic heterocycles. The molecule has 0 radical (unpaired) electrons. The topological polar surface area (TPSA) is 65.0 Å². The van der Waals surface area contributed by atoms with Crippen molar-refractivity contribution in [2.45, 2.75) is 40.3 Å². The van der Waals surface area contributed by atoms with Crippen LogP contribution in [0.15, 0.2) is 53.1 Å². The minimum atomic E-state index is -0.0862. The van der Waals surface area contributed by atoms with Crippen LogP contribution in [0.5, 0.6) is 0 Å². The third kappa shape index (κ3) is 4.11. The first-order valence-corrected chi connectivity index (χ1v) is 9.93. The molecule has 0 unspecified atom stereocenters. The third-order valence-corrected chi connectivity index (χ3v) is 5.15. The van der Waals surface area contributed by atoms with Crippen LogP contribution in [0.3, 0.4) is 0 Å². The fraction of sp³-hybridized carbons (Fsp3) is 0.304. The lowest BCUT2D eigenvalue weighted by Crippen LogP contribution is -2.27. The summed E-state index contributed by atoms with van der Waals surface area (Å²) in [5.74, 6) is -0.0862. The van der Waals surface area contributed by atoms with E-state index < -0.39 is 0 Å². The second-order valence-corrected chi connectivity index (χ2v) is 7.53. The number of amides is 1. The highest BCUT2D eigenvalue weighted by Crippen LogP contribution is 2.22. The van der Waals surface area contributed by atoms with Gasteiger partial charge in [0.25, 0.3) is 5.91 Å². The molecule has 1 aromatic carbocycles. The minimum Gasteiger partial charge on any atom is -0.463 e. The molecule has 0 aliphatic rings. The summed E-state index contributed by atoms with van der Waals surface area (Å²) in [6.45, 7) is 8.10. The van der Waals surface area contributed by atoms with Crippen LogP contribution in [0.25, 0.3) is 11.1 Å². The Morgan fingerprint density at radius 3 is 2.62 bits per heavy atom. The Labute approximate surface area is 170 Å². The molecular weight excluding hydrogens is 364 g/mol. The van der Waals surface area contributed by atoms with Gasteiger partial charge < -0.3 is 14.3 Å². The summed E-state index contributed by atoms with van der Waals surface area (Å²) in [4.78, 5) is 12.9. The first kappa shape index (κ1) is 19.1. The number of rotatable bonds is 7. The highest BCUT2D eigenvalue weighted by molar-refractivity contribution is 5.97. The van der Waals surface area contributed by atoms with Gasteiger partial charge in [0.05, 0.1) is 17.5 Å². The van der Waals surface area contributed by atoms with Gasteiger partial charge in [-0.25, -0.2) is 0 Å². The number of furan rings is 1. The molecule has 0 fully saturated rings. The van der Waals surface area contributed by atoms with Crippen molar-refractivity contribution in [2.24, 2.45) is 0 Å². The summed E-state index contributed by atoms with van der Waals surface area (Å²) in [7, 11) is 0. The van der Waals surface area contributed by atoms with Gasteiger partial charge in [0, 0.05) is 37.5 Å². The lowest BCUT2D eigenvalue weighted by atomic mass is 10.1. The van der Waals surface area contributed by atoms with Crippen LogP contribution in [-0.4, -0.2) is 26.8 Å². The van der Waals surface area contributed by atoms with Crippen LogP contribution in [0, 0.1) is 20.8 Å². The van der Waals surface area contributed by atoms with E-state index in [0.717, 1.165) is 41.0 Å². The Balaban J connectivity index is 1.45. The zero-order valence-electron chi connectivity index (χ0n) is 17.1. The van der Waals surface area contributed by atoms with Crippen LogP contribution < -0.4 is 5.32 Å². The SMILES string of the molecule is Cc1ccc(Cn2c(C(=O)NCCCn3nc(C)cc3C)cc3occc32)cc1. The lowest BCUT2D eigenvalue weighted by molar-refractivity contribution is 0.0944. The average Bonchev–Trinajstić information content (AvgIpc) is 3.36. The van der Waals surface area contributed by atoms with Crippen molar-refractivity contribution in [1.82, 2.24) is 19.7 Å². The van der Waals surface area contributed by atoms with E-state index >= 15 is 0 Å². The Bertz CT molecular complexity index is 1130. The number of carbonyl (C=O) groups is 1. The summed E-state index contributed by atoms with van der Waals surface area (Å²) in [5, 5.41) is 7.50. The molecule has 0 bridgehead atoms. The molecule has 0 saturated heterocycles. The molecule has 29 heavy (non-hydrogen) atoms. The molecule has 0 saturated carbocycles. The molecule has 0 atom stereocenters. The van der Waals surface area contributed by atoms with Gasteiger partial charge in [-0.15, -0.1) is 0 Å². The van der Waals surface area contributed by atoms with E-state index in [1.54, 1.807) is 6.26 Å². The first-order valence-electron chi connectivity index (χ1n) is 9.93. The second kappa shape index (κ2) is 7.99. The van der Waals surface area contributed by atoms with E-state index in [9.17, 15) is 4.79 Å². The highest BCUT2D eigenvalue weighted by atomic mass is 16.3. The van der Waals surface area contributed by atoms with E-state index in [1.807, 2.05) is 35.2 Å². The van der Waals surface area contributed by atoms with Crippen LogP contribution >= 0.6 is 0 Å². The van der Waals surface area contributed by atoms with Gasteiger partial charge in [-0.2, -0.15) is 5.10 Å². The Kier molecular flexibility index (Phi) is 5.25. The van der Waals surface area contributed by atoms with Gasteiger partial charge in [0.1, 0.15) is 5.69 Å². The van der Waals surface area contributed by atoms with E-state index in [-0.39, 0.29) is 5.91 Å². The predicted molar refractivity (Wildman–Crippen MR) is 113 cm³/mol. The van der Waals surface area contributed by atoms with Crippen LogP contribution in [0.2, 0.25) is 0 Å². The number of nitrogens with zero attached hydrogens (tertiary/aromatic N) is 3. The fourth-order valence-electron chi connectivity index (χ4n) is 3.63. The summed E-state index contributed by atoms with van der Waals surface area (Å²) in [5.41, 5.74) is 6.79. The van der Waals surface area contributed by atoms with E-state index in [1.165, 1.54) is 5.56 Å². The monoisotopic (exact) mass is 390 g/mol. The van der Waals surface area contributed by atoms with Crippen molar-refractivity contribution in [3.8, 4) is 0 Å². The quantitative estimate of drug-likeness (QED) is 0.481. The molecule has 0 spiro atoms. The average molecular weight is 390 g/mol. The maximum absolute atomic E-state index is 12.9. The number of hydrogen-bond acceptors (Lipinski definition) is 3. The van der Waals surface area contributed by atoms with E-state index in [4.69, 9.17) is 4.42 Å². The molecular formula is C23H26N4O2. The van der Waals surface area contributed by atoms with Gasteiger partial charge in [-0.3, -0.25) is 9.48 Å². The number of fused-ring (bicyclic) bond motifs is 1. The second-order valence-electron chi connectivity index (χ2n) is 7.53. The number of benzene rings is 1. The van der Waals surface area contributed by atoms with Gasteiger partial charge in [-0.05, 0) is 38.8 Å². The molecule has 3 aromatic heterocycles. The Morgan fingerprint density at radius 1 is 1.10 bits per heavy atom. The summed E-state index contributed by atoms with van der Waals surface area (Å²) >= 11 is 0. The van der Waals surface area contributed by atoms with Gasteiger partial charge in [0.2, 0.25) is 0 Å². The maximum atomic E-state index is 12.9. The standard InChI is InChI=1S/C23H26N4O2/c1-16-5-7-19(8-6-16)15-26-20-9-12-29-22(20)14-21(26)23(28)24-10-4-11-27-18(3)13-17(2)25-27/h5-9,12-14H,4,10-11,15H2,1-3H3,(H,24,28). The molecule has 1 N–H and O–H groups in total. The van der Waals surface area contributed by atoms with E-state index in [0.29, 0.717) is 18.8 Å². The summed E-state index contributed by atoms with van der Waals surface area (Å²) in [6, 6.07) is 14.2. The molecule has 4 rings (SSSR count). The lowest BCUT2D eigenvalue weighted by Gasteiger charge is -2.11. The van der Waals surface area contributed by atoms with Gasteiger partial charge in [-0.1, -0.05) is 29.8 Å². The molecule has 1 amide bonds. The highest BCUT2D eigenvalue weighted by Gasteiger charge is 2.17. The fourth-order valence-corrected chi connectivity index (χ4v) is 3.63. The number of aromatic nitrogens is 3. The van der Waals surface area contributed by atoms with Crippen molar-refractivity contribution >= 4 is 17.0 Å². The number of aryl methyl sites for hydroxylation is 4. The number of nitrogens with one attached hydrogen (secondary N) is 1. The maximum Gasteiger partial charge on any atom is 0.268 e. The zero-order chi connectivity index (χ0) is 20.4. The van der Waals surface area contributed by atoms with Crippen molar-refractivity contribution in [3.05, 3.63) is 76.9 Å². The predicted octanol–water partition coefficient (Wildman–Crippen LogP) is 4.22. The Hall–Kier alpha value is -3.28. The van der Waals surface area contributed by atoms with Crippen molar-refractivity contribution in [2.75, 3.05) is 6.54 Å². The van der Waals surface area contributed by atoms with Crippen molar-refractivity contribution in [1.29, 1.82) is 0 Å². The van der Waals surface area contributed by atoms with Crippen molar-refractivity contribution < 1.29 is 9.21 Å². The molecule has 6 heteroatoms.